The first kappa shape index (κ1) is 20.4. The minimum atomic E-state index is 0.132. The molecule has 1 fully saturated rings. The van der Waals surface area contributed by atoms with E-state index in [9.17, 15) is 4.79 Å². The Kier molecular flexibility index (Phi) is 6.63. The highest BCUT2D eigenvalue weighted by Gasteiger charge is 2.24. The van der Waals surface area contributed by atoms with E-state index in [2.05, 4.69) is 39.8 Å². The van der Waals surface area contributed by atoms with E-state index in [4.69, 9.17) is 4.74 Å². The van der Waals surface area contributed by atoms with Gasteiger partial charge in [-0.1, -0.05) is 54.2 Å². The summed E-state index contributed by atoms with van der Waals surface area (Å²) in [6.45, 7) is 1.63. The second kappa shape index (κ2) is 9.75. The standard InChI is InChI=1S/C22H25N5O2S/c1-29-20-10-6-5-9-19(20)27-22(23-24-25-27)30-16-21(28)26-13-11-18(12-14-26)15-17-7-3-2-4-8-17/h2-10,18H,11-16H2,1H3. The molecule has 0 radical (unpaired) electrons. The van der Waals surface area contributed by atoms with E-state index in [0.29, 0.717) is 22.6 Å². The van der Waals surface area contributed by atoms with E-state index < -0.39 is 0 Å². The Morgan fingerprint density at radius 1 is 1.10 bits per heavy atom. The molecular formula is C22H25N5O2S. The molecule has 2 aromatic carbocycles. The molecule has 0 saturated carbocycles. The quantitative estimate of drug-likeness (QED) is 0.543. The number of aromatic nitrogens is 4. The molecule has 0 N–H and O–H groups in total. The van der Waals surface area contributed by atoms with Gasteiger partial charge in [0.1, 0.15) is 11.4 Å². The van der Waals surface area contributed by atoms with Crippen LogP contribution in [0.1, 0.15) is 18.4 Å². The highest BCUT2D eigenvalue weighted by molar-refractivity contribution is 7.99. The number of likely N-dealkylation sites (tertiary alicyclic amines) is 1. The summed E-state index contributed by atoms with van der Waals surface area (Å²) in [4.78, 5) is 14.7. The Morgan fingerprint density at radius 2 is 1.83 bits per heavy atom. The van der Waals surface area contributed by atoms with Gasteiger partial charge in [-0.05, 0) is 53.3 Å². The topological polar surface area (TPSA) is 73.1 Å². The molecule has 0 unspecified atom stereocenters. The first-order valence-corrected chi connectivity index (χ1v) is 11.1. The van der Waals surface area contributed by atoms with Crippen LogP contribution in [0.4, 0.5) is 0 Å². The molecule has 7 nitrogen and oxygen atoms in total. The Balaban J connectivity index is 1.31. The summed E-state index contributed by atoms with van der Waals surface area (Å²) in [5.74, 6) is 1.77. The Labute approximate surface area is 180 Å². The molecule has 1 saturated heterocycles. The molecule has 4 rings (SSSR count). The van der Waals surface area contributed by atoms with Crippen LogP contribution in [-0.2, 0) is 11.2 Å². The summed E-state index contributed by atoms with van der Waals surface area (Å²) in [7, 11) is 1.61. The van der Waals surface area contributed by atoms with Gasteiger partial charge in [-0.3, -0.25) is 4.79 Å². The van der Waals surface area contributed by atoms with Crippen LogP contribution in [0.2, 0.25) is 0 Å². The van der Waals surface area contributed by atoms with E-state index in [1.165, 1.54) is 17.3 Å². The molecule has 1 aliphatic rings. The fourth-order valence-corrected chi connectivity index (χ4v) is 4.56. The van der Waals surface area contributed by atoms with Crippen LogP contribution in [0.15, 0.2) is 59.8 Å². The second-order valence-corrected chi connectivity index (χ2v) is 8.29. The van der Waals surface area contributed by atoms with E-state index in [1.807, 2.05) is 35.2 Å². The second-order valence-electron chi connectivity index (χ2n) is 7.35. The van der Waals surface area contributed by atoms with Gasteiger partial charge in [0.2, 0.25) is 11.1 Å². The molecule has 0 aliphatic carbocycles. The van der Waals surface area contributed by atoms with Gasteiger partial charge in [0.15, 0.2) is 0 Å². The zero-order valence-corrected chi connectivity index (χ0v) is 17.8. The molecule has 1 amide bonds. The van der Waals surface area contributed by atoms with Gasteiger partial charge in [0.25, 0.3) is 0 Å². The molecule has 0 bridgehead atoms. The Morgan fingerprint density at radius 3 is 2.60 bits per heavy atom. The number of methoxy groups -OCH3 is 1. The van der Waals surface area contributed by atoms with Crippen molar-refractivity contribution in [2.24, 2.45) is 5.92 Å². The smallest absolute Gasteiger partial charge is 0.233 e. The summed E-state index contributed by atoms with van der Waals surface area (Å²) >= 11 is 1.35. The van der Waals surface area contributed by atoms with Crippen LogP contribution in [-0.4, -0.2) is 57.0 Å². The van der Waals surface area contributed by atoms with E-state index in [1.54, 1.807) is 11.8 Å². The molecule has 1 aromatic heterocycles. The van der Waals surface area contributed by atoms with E-state index in [0.717, 1.165) is 38.0 Å². The number of hydrogen-bond donors (Lipinski definition) is 0. The molecule has 3 aromatic rings. The van der Waals surface area contributed by atoms with Crippen molar-refractivity contribution in [3.63, 3.8) is 0 Å². The van der Waals surface area contributed by atoms with Gasteiger partial charge < -0.3 is 9.64 Å². The lowest BCUT2D eigenvalue weighted by Gasteiger charge is -2.32. The number of thioether (sulfide) groups is 1. The number of rotatable bonds is 7. The zero-order chi connectivity index (χ0) is 20.8. The number of piperidine rings is 1. The van der Waals surface area contributed by atoms with Crippen LogP contribution in [0.3, 0.4) is 0 Å². The van der Waals surface area contributed by atoms with Crippen molar-refractivity contribution in [3.8, 4) is 11.4 Å². The van der Waals surface area contributed by atoms with Crippen LogP contribution in [0.5, 0.6) is 5.75 Å². The van der Waals surface area contributed by atoms with Crippen molar-refractivity contribution in [3.05, 3.63) is 60.2 Å². The largest absolute Gasteiger partial charge is 0.494 e. The average Bonchev–Trinajstić information content (AvgIpc) is 3.27. The van der Waals surface area contributed by atoms with Crippen molar-refractivity contribution >= 4 is 17.7 Å². The summed E-state index contributed by atoms with van der Waals surface area (Å²) in [6, 6.07) is 18.1. The molecule has 30 heavy (non-hydrogen) atoms. The van der Waals surface area contributed by atoms with Gasteiger partial charge in [-0.15, -0.1) is 5.10 Å². The number of amides is 1. The summed E-state index contributed by atoms with van der Waals surface area (Å²) in [6.07, 6.45) is 3.18. The zero-order valence-electron chi connectivity index (χ0n) is 17.0. The lowest BCUT2D eigenvalue weighted by atomic mass is 9.90. The van der Waals surface area contributed by atoms with E-state index >= 15 is 0 Å². The van der Waals surface area contributed by atoms with Crippen molar-refractivity contribution < 1.29 is 9.53 Å². The maximum Gasteiger partial charge on any atom is 0.233 e. The van der Waals surface area contributed by atoms with E-state index in [-0.39, 0.29) is 5.91 Å². The predicted molar refractivity (Wildman–Crippen MR) is 116 cm³/mol. The lowest BCUT2D eigenvalue weighted by Crippen LogP contribution is -2.39. The van der Waals surface area contributed by atoms with Gasteiger partial charge in [0, 0.05) is 13.1 Å². The van der Waals surface area contributed by atoms with Crippen LogP contribution in [0.25, 0.3) is 5.69 Å². The number of hydrogen-bond acceptors (Lipinski definition) is 6. The molecular weight excluding hydrogens is 398 g/mol. The van der Waals surface area contributed by atoms with Crippen molar-refractivity contribution in [1.29, 1.82) is 0 Å². The molecule has 0 atom stereocenters. The molecule has 1 aliphatic heterocycles. The van der Waals surface area contributed by atoms with Crippen LogP contribution < -0.4 is 4.74 Å². The number of benzene rings is 2. The molecule has 8 heteroatoms. The first-order chi connectivity index (χ1) is 14.7. The Hall–Kier alpha value is -2.87. The summed E-state index contributed by atoms with van der Waals surface area (Å²) in [5.41, 5.74) is 2.13. The van der Waals surface area contributed by atoms with Crippen molar-refractivity contribution in [2.75, 3.05) is 26.0 Å². The fraction of sp³-hybridized carbons (Fsp3) is 0.364. The predicted octanol–water partition coefficient (Wildman–Crippen LogP) is 3.24. The number of nitrogens with zero attached hydrogens (tertiary/aromatic N) is 5. The van der Waals surface area contributed by atoms with Crippen molar-refractivity contribution in [2.45, 2.75) is 24.4 Å². The van der Waals surface area contributed by atoms with Gasteiger partial charge in [-0.2, -0.15) is 4.68 Å². The SMILES string of the molecule is COc1ccccc1-n1nnnc1SCC(=O)N1CCC(Cc2ccccc2)CC1. The molecule has 2 heterocycles. The van der Waals surface area contributed by atoms with Gasteiger partial charge in [-0.25, -0.2) is 0 Å². The number of para-hydroxylation sites is 2. The summed E-state index contributed by atoms with van der Waals surface area (Å²) in [5, 5.41) is 12.5. The maximum atomic E-state index is 12.7. The lowest BCUT2D eigenvalue weighted by molar-refractivity contribution is -0.129. The Bertz CT molecular complexity index is 970. The monoisotopic (exact) mass is 423 g/mol. The first-order valence-electron chi connectivity index (χ1n) is 10.1. The number of ether oxygens (including phenoxy) is 1. The minimum Gasteiger partial charge on any atom is -0.494 e. The van der Waals surface area contributed by atoms with Gasteiger partial charge in [0.05, 0.1) is 12.9 Å². The third kappa shape index (κ3) is 4.81. The normalized spacial score (nSPS) is 14.6. The molecule has 0 spiro atoms. The average molecular weight is 424 g/mol. The maximum absolute atomic E-state index is 12.7. The highest BCUT2D eigenvalue weighted by atomic mass is 32.2. The summed E-state index contributed by atoms with van der Waals surface area (Å²) < 4.78 is 7.01. The third-order valence-corrected chi connectivity index (χ3v) is 6.32. The fourth-order valence-electron chi connectivity index (χ4n) is 3.78. The highest BCUT2D eigenvalue weighted by Crippen LogP contribution is 2.26. The van der Waals surface area contributed by atoms with Crippen molar-refractivity contribution in [1.82, 2.24) is 25.1 Å². The third-order valence-electron chi connectivity index (χ3n) is 5.41. The minimum absolute atomic E-state index is 0.132. The van der Waals surface area contributed by atoms with Crippen LogP contribution >= 0.6 is 11.8 Å². The number of tetrazole rings is 1. The molecule has 156 valence electrons. The number of carbonyl (C=O) groups excluding carboxylic acids is 1. The van der Waals surface area contributed by atoms with Crippen LogP contribution in [0, 0.1) is 5.92 Å². The van der Waals surface area contributed by atoms with Gasteiger partial charge >= 0.3 is 0 Å². The number of carbonyl (C=O) groups is 1.